The summed E-state index contributed by atoms with van der Waals surface area (Å²) in [5.41, 5.74) is -0.963. The second kappa shape index (κ2) is 22.8. The van der Waals surface area contributed by atoms with E-state index in [9.17, 15) is 38.4 Å². The van der Waals surface area contributed by atoms with Gasteiger partial charge in [0.05, 0.1) is 11.1 Å². The van der Waals surface area contributed by atoms with Gasteiger partial charge in [0.1, 0.15) is 25.4 Å². The lowest BCUT2D eigenvalue weighted by molar-refractivity contribution is -0.300. The van der Waals surface area contributed by atoms with Crippen LogP contribution in [0.25, 0.3) is 11.1 Å². The van der Waals surface area contributed by atoms with E-state index >= 15 is 9.59 Å². The highest BCUT2D eigenvalue weighted by Gasteiger charge is 2.57. The third-order valence-electron chi connectivity index (χ3n) is 9.81. The van der Waals surface area contributed by atoms with Crippen LogP contribution in [0.2, 0.25) is 0 Å². The molecule has 10 atom stereocenters. The largest absolute Gasteiger partial charge is 0.463 e. The summed E-state index contributed by atoms with van der Waals surface area (Å²) in [5.74, 6) is -11.0. The van der Waals surface area contributed by atoms with Crippen LogP contribution in [0.1, 0.15) is 66.5 Å². The van der Waals surface area contributed by atoms with Gasteiger partial charge < -0.3 is 56.8 Å². The molecule has 0 spiro atoms. The first kappa shape index (κ1) is 51.5. The van der Waals surface area contributed by atoms with Crippen molar-refractivity contribution in [3.8, 4) is 0 Å². The number of ketones is 2. The maximum atomic E-state index is 15.4. The molecule has 2 aliphatic heterocycles. The van der Waals surface area contributed by atoms with Crippen molar-refractivity contribution in [1.82, 2.24) is 0 Å². The minimum atomic E-state index is -2.00. The van der Waals surface area contributed by atoms with Crippen LogP contribution in [0.4, 0.5) is 0 Å². The summed E-state index contributed by atoms with van der Waals surface area (Å²) in [4.78, 5) is 130. The van der Waals surface area contributed by atoms with E-state index in [1.54, 1.807) is 12.1 Å². The molecule has 2 aromatic rings. The molecule has 1 aliphatic carbocycles. The third kappa shape index (κ3) is 12.9. The van der Waals surface area contributed by atoms with Crippen LogP contribution in [0.3, 0.4) is 0 Å². The molecule has 2 fully saturated rings. The fourth-order valence-corrected chi connectivity index (χ4v) is 7.42. The first-order chi connectivity index (χ1) is 32.2. The van der Waals surface area contributed by atoms with Gasteiger partial charge in [0.15, 0.2) is 35.9 Å². The third-order valence-corrected chi connectivity index (χ3v) is 9.81. The average molecular weight is 953 g/mol. The quantitative estimate of drug-likeness (QED) is 0.132. The highest BCUT2D eigenvalue weighted by molar-refractivity contribution is 6.46. The Morgan fingerprint density at radius 2 is 0.676 bits per heavy atom. The van der Waals surface area contributed by atoms with Gasteiger partial charge in [0.2, 0.25) is 36.4 Å². The fourth-order valence-electron chi connectivity index (χ4n) is 7.42. The lowest BCUT2D eigenvalue weighted by atomic mass is 9.85. The highest BCUT2D eigenvalue weighted by Crippen LogP contribution is 2.42. The van der Waals surface area contributed by atoms with E-state index in [1.165, 1.54) is 48.5 Å². The summed E-state index contributed by atoms with van der Waals surface area (Å²) in [6.07, 6.45) is -17.4. The van der Waals surface area contributed by atoms with Crippen molar-refractivity contribution in [2.24, 2.45) is 0 Å². The summed E-state index contributed by atoms with van der Waals surface area (Å²) in [6.45, 7) is 6.89. The molecular weight excluding hydrogens is 904 g/mol. The molecule has 2 heterocycles. The molecule has 68 heavy (non-hydrogen) atoms. The summed E-state index contributed by atoms with van der Waals surface area (Å²) in [7, 11) is 0. The van der Waals surface area contributed by atoms with Crippen LogP contribution >= 0.6 is 0 Å². The Morgan fingerprint density at radius 3 is 0.956 bits per heavy atom. The molecular formula is C46H48O22. The normalized spacial score (nSPS) is 25.8. The first-order valence-corrected chi connectivity index (χ1v) is 20.8. The van der Waals surface area contributed by atoms with E-state index in [0.717, 1.165) is 55.4 Å². The monoisotopic (exact) mass is 952 g/mol. The van der Waals surface area contributed by atoms with E-state index in [-0.39, 0.29) is 11.1 Å². The maximum Gasteiger partial charge on any atom is 0.303 e. The number of hydrogen-bond donors (Lipinski definition) is 0. The molecule has 0 saturated carbocycles. The summed E-state index contributed by atoms with van der Waals surface area (Å²) < 4.78 is 68.4. The minimum Gasteiger partial charge on any atom is -0.463 e. The number of rotatable bonds is 16. The molecule has 364 valence electrons. The van der Waals surface area contributed by atoms with Gasteiger partial charge in [0, 0.05) is 55.4 Å². The number of esters is 8. The Balaban J connectivity index is 1.74. The number of ether oxygens (including phenoxy) is 12. The molecule has 0 aromatic heterocycles. The maximum absolute atomic E-state index is 15.4. The Bertz CT molecular complexity index is 2190. The van der Waals surface area contributed by atoms with Crippen LogP contribution in [0.5, 0.6) is 0 Å². The zero-order valence-corrected chi connectivity index (χ0v) is 37.9. The predicted octanol–water partition coefficient (Wildman–Crippen LogP) is 2.16. The van der Waals surface area contributed by atoms with E-state index in [2.05, 4.69) is 0 Å². The van der Waals surface area contributed by atoms with Crippen molar-refractivity contribution < 1.29 is 105 Å². The van der Waals surface area contributed by atoms with E-state index in [4.69, 9.17) is 56.8 Å². The van der Waals surface area contributed by atoms with Gasteiger partial charge in [-0.25, -0.2) is 0 Å². The average Bonchev–Trinajstić information content (AvgIpc) is 3.25. The van der Waals surface area contributed by atoms with Crippen LogP contribution in [-0.2, 0) is 105 Å². The van der Waals surface area contributed by atoms with Gasteiger partial charge in [-0.3, -0.25) is 47.9 Å². The summed E-state index contributed by atoms with van der Waals surface area (Å²) in [6, 6.07) is 15.0. The standard InChI is InChI=1S/C46H48O22/c1-21(47)57-19-31-37(59-23(3)49)41(61-25(5)51)43(63-27(7)53)45(65-31)67-39-33(29-15-11-9-12-16-29)36(56)40(34(35(39)55)30-17-13-10-14-18-30)68-46-44(64-28(8)54)42(62-26(6)52)38(60-24(4)50)32(66-46)20-58-22(2)48/h9-18,31-32,37-38,41-46H,19-20H2,1-8H3/t31-,32+,37-,38-,41+,42+,43-,44-,45+,46-/m0/s1. The fraction of sp³-hybridized carbons (Fsp3) is 0.435. The zero-order chi connectivity index (χ0) is 50.0. The summed E-state index contributed by atoms with van der Waals surface area (Å²) in [5, 5.41) is 0. The number of Topliss-reactive ketones (excluding diaryl/α,β-unsaturated/α-hetero) is 2. The summed E-state index contributed by atoms with van der Waals surface area (Å²) >= 11 is 0. The SMILES string of the molecule is CC(=O)OC[C@@H]1O[C@H](OC2=C(c3ccccc3)C(=O)C(O[C@@H]3O[C@H](COC(C)=O)[C@H](OC(C)=O)[C@@H](OC(C)=O)[C@@H]3OC(C)=O)=C(c3ccccc3)C2=O)[C@@H](OC(C)=O)[C@H](OC(C)=O)[C@H]1OC(C)=O. The van der Waals surface area contributed by atoms with Crippen LogP contribution in [0, 0.1) is 0 Å². The van der Waals surface area contributed by atoms with Crippen molar-refractivity contribution >= 4 is 70.5 Å². The molecule has 0 bridgehead atoms. The van der Waals surface area contributed by atoms with Gasteiger partial charge in [-0.15, -0.1) is 0 Å². The van der Waals surface area contributed by atoms with Crippen molar-refractivity contribution in [1.29, 1.82) is 0 Å². The minimum absolute atomic E-state index is 0.0289. The molecule has 3 aliphatic rings. The highest BCUT2D eigenvalue weighted by atomic mass is 16.8. The molecule has 2 aromatic carbocycles. The van der Waals surface area contributed by atoms with Crippen molar-refractivity contribution in [2.45, 2.75) is 117 Å². The van der Waals surface area contributed by atoms with Gasteiger partial charge >= 0.3 is 47.8 Å². The number of carbonyl (C=O) groups excluding carboxylic acids is 10. The van der Waals surface area contributed by atoms with Gasteiger partial charge in [-0.05, 0) is 11.1 Å². The molecule has 0 amide bonds. The lowest BCUT2D eigenvalue weighted by Gasteiger charge is -2.45. The number of carbonyl (C=O) groups is 10. The second-order valence-electron chi connectivity index (χ2n) is 15.2. The lowest BCUT2D eigenvalue weighted by Crippen LogP contribution is -2.63. The van der Waals surface area contributed by atoms with Gasteiger partial charge in [-0.2, -0.15) is 0 Å². The topological polar surface area (TPSA) is 281 Å². The molecule has 0 N–H and O–H groups in total. The van der Waals surface area contributed by atoms with Gasteiger partial charge in [0.25, 0.3) is 0 Å². The van der Waals surface area contributed by atoms with Crippen LogP contribution in [0.15, 0.2) is 72.2 Å². The molecule has 22 nitrogen and oxygen atoms in total. The smallest absolute Gasteiger partial charge is 0.303 e. The molecule has 0 unspecified atom stereocenters. The van der Waals surface area contributed by atoms with Crippen molar-refractivity contribution in [2.75, 3.05) is 13.2 Å². The van der Waals surface area contributed by atoms with Gasteiger partial charge in [-0.1, -0.05) is 60.7 Å². The predicted molar refractivity (Wildman–Crippen MR) is 223 cm³/mol. The van der Waals surface area contributed by atoms with E-state index in [0.29, 0.717) is 0 Å². The van der Waals surface area contributed by atoms with Crippen LogP contribution < -0.4 is 0 Å². The van der Waals surface area contributed by atoms with E-state index in [1.807, 2.05) is 0 Å². The Kier molecular flexibility index (Phi) is 17.3. The van der Waals surface area contributed by atoms with E-state index < -0.39 is 157 Å². The zero-order valence-electron chi connectivity index (χ0n) is 37.9. The van der Waals surface area contributed by atoms with Crippen molar-refractivity contribution in [3.63, 3.8) is 0 Å². The Labute approximate surface area is 387 Å². The van der Waals surface area contributed by atoms with Crippen molar-refractivity contribution in [3.05, 3.63) is 83.3 Å². The molecule has 2 saturated heterocycles. The Hall–Kier alpha value is -7.46. The molecule has 22 heteroatoms. The number of allylic oxidation sites excluding steroid dienone is 2. The number of hydrogen-bond acceptors (Lipinski definition) is 22. The Morgan fingerprint density at radius 1 is 0.397 bits per heavy atom. The van der Waals surface area contributed by atoms with Crippen LogP contribution in [-0.4, -0.2) is 134 Å². The first-order valence-electron chi connectivity index (χ1n) is 20.8. The molecule has 0 radical (unpaired) electrons. The molecule has 5 rings (SSSR count). The number of benzene rings is 2. The second-order valence-corrected chi connectivity index (χ2v) is 15.2.